The highest BCUT2D eigenvalue weighted by Gasteiger charge is 2.29. The molecule has 9 heteroatoms. The van der Waals surface area contributed by atoms with Crippen molar-refractivity contribution in [3.63, 3.8) is 0 Å². The van der Waals surface area contributed by atoms with E-state index in [1.54, 1.807) is 24.3 Å². The van der Waals surface area contributed by atoms with Gasteiger partial charge in [-0.2, -0.15) is 0 Å². The molecule has 0 aromatic heterocycles. The molecule has 3 amide bonds. The third-order valence-electron chi connectivity index (χ3n) is 4.12. The Morgan fingerprint density at radius 3 is 2.55 bits per heavy atom. The Morgan fingerprint density at radius 1 is 1.14 bits per heavy atom. The molecule has 1 heterocycles. The van der Waals surface area contributed by atoms with E-state index in [0.717, 1.165) is 29.5 Å². The predicted molar refractivity (Wildman–Crippen MR) is 105 cm³/mol. The molecule has 0 aliphatic carbocycles. The van der Waals surface area contributed by atoms with Crippen molar-refractivity contribution in [3.8, 4) is 5.75 Å². The number of amides is 3. The van der Waals surface area contributed by atoms with Gasteiger partial charge in [0, 0.05) is 18.2 Å². The Balaban J connectivity index is 1.41. The molecule has 1 N–H and O–H groups in total. The maximum atomic E-state index is 13.4. The summed E-state index contributed by atoms with van der Waals surface area (Å²) in [4.78, 5) is 36.4. The van der Waals surface area contributed by atoms with Crippen LogP contribution in [0.25, 0.3) is 0 Å². The largest absolute Gasteiger partial charge is 0.491 e. The predicted octanol–water partition coefficient (Wildman–Crippen LogP) is 3.96. The van der Waals surface area contributed by atoms with Crippen LogP contribution in [0.4, 0.5) is 19.3 Å². The average molecular weight is 420 g/mol. The van der Waals surface area contributed by atoms with Crippen molar-refractivity contribution < 1.29 is 27.9 Å². The number of thioether (sulfide) groups is 1. The first kappa shape index (κ1) is 20.8. The first-order valence-corrected chi connectivity index (χ1v) is 9.85. The lowest BCUT2D eigenvalue weighted by Crippen LogP contribution is -2.27. The first-order valence-electron chi connectivity index (χ1n) is 8.86. The molecule has 2 aromatic rings. The number of benzene rings is 2. The van der Waals surface area contributed by atoms with Crippen LogP contribution >= 0.6 is 11.8 Å². The molecule has 6 nitrogen and oxygen atoms in total. The minimum absolute atomic E-state index is 0.0595. The second kappa shape index (κ2) is 9.51. The van der Waals surface area contributed by atoms with Gasteiger partial charge in [-0.05, 0) is 36.2 Å². The lowest BCUT2D eigenvalue weighted by atomic mass is 10.2. The number of carbonyl (C=O) groups excluding carboxylic acids is 3. The van der Waals surface area contributed by atoms with Crippen LogP contribution in [0.1, 0.15) is 18.4 Å². The first-order chi connectivity index (χ1) is 13.9. The van der Waals surface area contributed by atoms with Crippen molar-refractivity contribution in [1.29, 1.82) is 0 Å². The number of nitrogens with one attached hydrogen (secondary N) is 1. The van der Waals surface area contributed by atoms with Crippen molar-refractivity contribution in [1.82, 2.24) is 4.90 Å². The molecule has 29 heavy (non-hydrogen) atoms. The smallest absolute Gasteiger partial charge is 0.289 e. The second-order valence-electron chi connectivity index (χ2n) is 6.31. The highest BCUT2D eigenvalue weighted by molar-refractivity contribution is 8.14. The van der Waals surface area contributed by atoms with Crippen LogP contribution in [0, 0.1) is 11.6 Å². The lowest BCUT2D eigenvalue weighted by molar-refractivity contribution is -0.125. The Kier molecular flexibility index (Phi) is 6.82. The maximum Gasteiger partial charge on any atom is 0.289 e. The number of nitrogens with zero attached hydrogens (tertiary/aromatic N) is 1. The van der Waals surface area contributed by atoms with Gasteiger partial charge in [0.15, 0.2) is 11.6 Å². The fourth-order valence-electron chi connectivity index (χ4n) is 2.64. The standard InChI is InChI=1S/C20H18F2N2O4S/c21-14-5-8-17(16(22)10-14)28-9-1-2-18(25)23-15-6-3-13(4-7-15)11-24-19(26)12-29-20(24)27/h3-8,10H,1-2,9,11-12H2,(H,23,25). The second-order valence-corrected chi connectivity index (χ2v) is 7.23. The molecule has 1 aliphatic rings. The summed E-state index contributed by atoms with van der Waals surface area (Å²) in [5.74, 6) is -1.80. The molecular formula is C20H18F2N2O4S. The van der Waals surface area contributed by atoms with E-state index in [1.165, 1.54) is 11.0 Å². The summed E-state index contributed by atoms with van der Waals surface area (Å²) >= 11 is 0.986. The minimum atomic E-state index is -0.787. The molecule has 1 fully saturated rings. The van der Waals surface area contributed by atoms with Crippen molar-refractivity contribution in [2.75, 3.05) is 17.7 Å². The molecule has 3 rings (SSSR count). The van der Waals surface area contributed by atoms with Crippen molar-refractivity contribution >= 4 is 34.5 Å². The summed E-state index contributed by atoms with van der Waals surface area (Å²) in [7, 11) is 0. The summed E-state index contributed by atoms with van der Waals surface area (Å²) in [5, 5.41) is 2.47. The van der Waals surface area contributed by atoms with E-state index in [2.05, 4.69) is 5.32 Å². The van der Waals surface area contributed by atoms with Crippen LogP contribution in [-0.2, 0) is 16.1 Å². The van der Waals surface area contributed by atoms with E-state index in [4.69, 9.17) is 4.74 Å². The van der Waals surface area contributed by atoms with Crippen LogP contribution in [0.3, 0.4) is 0 Å². The molecule has 2 aromatic carbocycles. The number of ether oxygens (including phenoxy) is 1. The van der Waals surface area contributed by atoms with E-state index in [1.807, 2.05) is 0 Å². The minimum Gasteiger partial charge on any atom is -0.491 e. The number of rotatable bonds is 8. The zero-order valence-electron chi connectivity index (χ0n) is 15.3. The van der Waals surface area contributed by atoms with Gasteiger partial charge < -0.3 is 10.1 Å². The number of anilines is 1. The average Bonchev–Trinajstić information content (AvgIpc) is 3.00. The van der Waals surface area contributed by atoms with Crippen LogP contribution < -0.4 is 10.1 Å². The summed E-state index contributed by atoms with van der Waals surface area (Å²) in [6.07, 6.45) is 0.524. The number of hydrogen-bond donors (Lipinski definition) is 1. The van der Waals surface area contributed by atoms with Crippen LogP contribution in [0.15, 0.2) is 42.5 Å². The number of imide groups is 1. The number of hydrogen-bond acceptors (Lipinski definition) is 5. The zero-order chi connectivity index (χ0) is 20.8. The fraction of sp³-hybridized carbons (Fsp3) is 0.250. The van der Waals surface area contributed by atoms with Gasteiger partial charge in [-0.15, -0.1) is 0 Å². The fourth-order valence-corrected chi connectivity index (χ4v) is 3.37. The molecule has 0 unspecified atom stereocenters. The zero-order valence-corrected chi connectivity index (χ0v) is 16.1. The van der Waals surface area contributed by atoms with Gasteiger partial charge in [-0.25, -0.2) is 8.78 Å². The molecule has 1 aliphatic heterocycles. The number of carbonyl (C=O) groups is 3. The molecule has 0 bridgehead atoms. The van der Waals surface area contributed by atoms with Crippen LogP contribution in [-0.4, -0.2) is 34.3 Å². The van der Waals surface area contributed by atoms with Crippen molar-refractivity contribution in [2.24, 2.45) is 0 Å². The van der Waals surface area contributed by atoms with Gasteiger partial charge in [0.1, 0.15) is 5.82 Å². The third-order valence-corrected chi connectivity index (χ3v) is 4.98. The van der Waals surface area contributed by atoms with E-state index in [0.29, 0.717) is 12.1 Å². The molecule has 0 spiro atoms. The van der Waals surface area contributed by atoms with E-state index in [-0.39, 0.29) is 48.1 Å². The van der Waals surface area contributed by atoms with Gasteiger partial charge in [0.25, 0.3) is 5.24 Å². The maximum absolute atomic E-state index is 13.4. The number of halogens is 2. The Labute approximate surface area is 170 Å². The highest BCUT2D eigenvalue weighted by Crippen LogP contribution is 2.22. The molecule has 0 saturated carbocycles. The molecule has 1 saturated heterocycles. The molecule has 0 radical (unpaired) electrons. The van der Waals surface area contributed by atoms with Crippen LogP contribution in [0.2, 0.25) is 0 Å². The third kappa shape index (κ3) is 5.77. The molecular weight excluding hydrogens is 402 g/mol. The van der Waals surface area contributed by atoms with Crippen molar-refractivity contribution in [2.45, 2.75) is 19.4 Å². The van der Waals surface area contributed by atoms with E-state index >= 15 is 0 Å². The van der Waals surface area contributed by atoms with Gasteiger partial charge in [0.05, 0.1) is 18.9 Å². The Hall–Kier alpha value is -2.94. The lowest BCUT2D eigenvalue weighted by Gasteiger charge is -2.13. The highest BCUT2D eigenvalue weighted by atomic mass is 32.2. The topological polar surface area (TPSA) is 75.7 Å². The monoisotopic (exact) mass is 420 g/mol. The summed E-state index contributed by atoms with van der Waals surface area (Å²) in [6.45, 7) is 0.320. The molecule has 0 atom stereocenters. The van der Waals surface area contributed by atoms with Crippen LogP contribution in [0.5, 0.6) is 5.75 Å². The quantitative estimate of drug-likeness (QED) is 0.655. The van der Waals surface area contributed by atoms with Crippen molar-refractivity contribution in [3.05, 3.63) is 59.7 Å². The van der Waals surface area contributed by atoms with E-state index in [9.17, 15) is 23.2 Å². The summed E-state index contributed by atoms with van der Waals surface area (Å²) < 4.78 is 31.5. The van der Waals surface area contributed by atoms with Gasteiger partial charge in [-0.1, -0.05) is 23.9 Å². The molecule has 152 valence electrons. The normalized spacial score (nSPS) is 13.7. The van der Waals surface area contributed by atoms with E-state index < -0.39 is 11.6 Å². The van der Waals surface area contributed by atoms with Gasteiger partial charge in [-0.3, -0.25) is 19.3 Å². The van der Waals surface area contributed by atoms with Gasteiger partial charge in [0.2, 0.25) is 11.8 Å². The Bertz CT molecular complexity index is 905. The SMILES string of the molecule is O=C(CCCOc1ccc(F)cc1F)Nc1ccc(CN2C(=O)CSC2=O)cc1. The summed E-state index contributed by atoms with van der Waals surface area (Å²) in [5.41, 5.74) is 1.36. The Morgan fingerprint density at radius 2 is 1.90 bits per heavy atom. The van der Waals surface area contributed by atoms with Gasteiger partial charge >= 0.3 is 0 Å². The summed E-state index contributed by atoms with van der Waals surface area (Å²) in [6, 6.07) is 9.89.